The van der Waals surface area contributed by atoms with E-state index in [9.17, 15) is 4.79 Å². The summed E-state index contributed by atoms with van der Waals surface area (Å²) in [5.41, 5.74) is 0.526. The lowest BCUT2D eigenvalue weighted by Gasteiger charge is -2.09. The summed E-state index contributed by atoms with van der Waals surface area (Å²) in [6.07, 6.45) is 19.2. The maximum Gasteiger partial charge on any atom is 0.338 e. The van der Waals surface area contributed by atoms with E-state index in [0.717, 1.165) is 13.0 Å². The largest absolute Gasteiger partial charge is 0.460 e. The van der Waals surface area contributed by atoms with Gasteiger partial charge >= 0.3 is 5.97 Å². The fourth-order valence-corrected chi connectivity index (χ4v) is 5.77. The van der Waals surface area contributed by atoms with Crippen LogP contribution in [-0.2, 0) is 61.6 Å². The van der Waals surface area contributed by atoms with Gasteiger partial charge < -0.3 is 61.6 Å². The summed E-state index contributed by atoms with van der Waals surface area (Å²) in [4.78, 5) is 11.8. The van der Waals surface area contributed by atoms with E-state index in [0.29, 0.717) is 158 Å². The van der Waals surface area contributed by atoms with Crippen molar-refractivity contribution in [2.24, 2.45) is 0 Å². The maximum absolute atomic E-state index is 11.8. The number of carbonyl (C=O) groups excluding carboxylic acids is 1. The molecular weight excluding hydrogens is 789 g/mol. The molecule has 61 heavy (non-hydrogen) atoms. The fourth-order valence-electron chi connectivity index (χ4n) is 5.77. The van der Waals surface area contributed by atoms with Crippen LogP contribution in [0.1, 0.15) is 107 Å². The molecule has 0 radical (unpaired) electrons. The first kappa shape index (κ1) is 57.2. The van der Waals surface area contributed by atoms with Gasteiger partial charge in [0.25, 0.3) is 0 Å². The van der Waals surface area contributed by atoms with E-state index in [4.69, 9.17) is 61.6 Å². The molecule has 1 rings (SSSR count). The van der Waals surface area contributed by atoms with Gasteiger partial charge in [0.2, 0.25) is 0 Å². The van der Waals surface area contributed by atoms with Gasteiger partial charge in [0.05, 0.1) is 158 Å². The van der Waals surface area contributed by atoms with Crippen molar-refractivity contribution in [1.29, 1.82) is 0 Å². The van der Waals surface area contributed by atoms with Crippen LogP contribution >= 0.6 is 0 Å². The summed E-state index contributed by atoms with van der Waals surface area (Å²) in [6.45, 7) is 14.9. The highest BCUT2D eigenvalue weighted by atomic mass is 16.6. The Balaban J connectivity index is 1.60. The molecule has 1 aromatic carbocycles. The Kier molecular flexibility index (Phi) is 47.7. The first-order valence-electron chi connectivity index (χ1n) is 23.5. The van der Waals surface area contributed by atoms with E-state index in [1.807, 2.05) is 6.07 Å². The van der Waals surface area contributed by atoms with Crippen molar-refractivity contribution in [3.8, 4) is 0 Å². The Morgan fingerprint density at radius 1 is 0.295 bits per heavy atom. The lowest BCUT2D eigenvalue weighted by molar-refractivity contribution is -0.0288. The summed E-state index contributed by atoms with van der Waals surface area (Å²) in [7, 11) is 0. The first-order chi connectivity index (χ1) is 30.3. The second-order valence-corrected chi connectivity index (χ2v) is 14.4. The molecule has 0 N–H and O–H groups in total. The normalized spacial score (nSPS) is 11.5. The first-order valence-corrected chi connectivity index (χ1v) is 23.5. The van der Waals surface area contributed by atoms with Crippen molar-refractivity contribution >= 4 is 5.97 Å². The van der Waals surface area contributed by atoms with Crippen LogP contribution in [0.4, 0.5) is 0 Å². The van der Waals surface area contributed by atoms with Crippen LogP contribution in [0.2, 0.25) is 0 Å². The van der Waals surface area contributed by atoms with E-state index in [1.165, 1.54) is 83.5 Å². The predicted octanol–water partition coefficient (Wildman–Crippen LogP) is 7.52. The number of hydrogen-bond acceptors (Lipinski definition) is 14. The van der Waals surface area contributed by atoms with Crippen LogP contribution in [0.3, 0.4) is 0 Å². The van der Waals surface area contributed by atoms with Crippen LogP contribution in [0.5, 0.6) is 0 Å². The highest BCUT2D eigenvalue weighted by molar-refractivity contribution is 5.89. The molecule has 14 nitrogen and oxygen atoms in total. The average molecular weight is 875 g/mol. The molecule has 0 saturated carbocycles. The molecule has 0 aliphatic carbocycles. The van der Waals surface area contributed by atoms with Crippen LogP contribution < -0.4 is 0 Å². The van der Waals surface area contributed by atoms with Crippen LogP contribution in [0.15, 0.2) is 30.3 Å². The quantitative estimate of drug-likeness (QED) is 0.0471. The molecule has 0 amide bonds. The van der Waals surface area contributed by atoms with Crippen molar-refractivity contribution in [2.75, 3.05) is 165 Å². The Morgan fingerprint density at radius 3 is 0.803 bits per heavy atom. The minimum atomic E-state index is -0.355. The lowest BCUT2D eigenvalue weighted by Crippen LogP contribution is -2.15. The van der Waals surface area contributed by atoms with Gasteiger partial charge in [0.15, 0.2) is 0 Å². The number of benzene rings is 1. The van der Waals surface area contributed by atoms with E-state index < -0.39 is 0 Å². The van der Waals surface area contributed by atoms with Gasteiger partial charge in [-0.15, -0.1) is 0 Å². The molecule has 0 unspecified atom stereocenters. The second-order valence-electron chi connectivity index (χ2n) is 14.4. The zero-order valence-corrected chi connectivity index (χ0v) is 38.2. The molecule has 0 aliphatic heterocycles. The predicted molar refractivity (Wildman–Crippen MR) is 237 cm³/mol. The summed E-state index contributed by atoms with van der Waals surface area (Å²) >= 11 is 0. The summed E-state index contributed by atoms with van der Waals surface area (Å²) in [5.74, 6) is -0.355. The Labute approximate surface area is 369 Å². The van der Waals surface area contributed by atoms with Crippen LogP contribution in [0.25, 0.3) is 0 Å². The van der Waals surface area contributed by atoms with Crippen LogP contribution in [0, 0.1) is 0 Å². The Bertz CT molecular complexity index is 976. The molecule has 0 heterocycles. The average Bonchev–Trinajstić information content (AvgIpc) is 3.28. The number of carbonyl (C=O) groups is 1. The van der Waals surface area contributed by atoms with Crippen LogP contribution in [-0.4, -0.2) is 171 Å². The van der Waals surface area contributed by atoms with Gasteiger partial charge in [-0.2, -0.15) is 0 Å². The lowest BCUT2D eigenvalue weighted by atomic mass is 10.0. The van der Waals surface area contributed by atoms with Gasteiger partial charge in [-0.1, -0.05) is 109 Å². The number of hydrogen-bond donors (Lipinski definition) is 0. The third-order valence-electron chi connectivity index (χ3n) is 9.20. The molecule has 0 atom stereocenters. The second kappa shape index (κ2) is 50.9. The molecule has 0 aromatic heterocycles. The summed E-state index contributed by atoms with van der Waals surface area (Å²) in [6, 6.07) is 8.86. The molecule has 0 fully saturated rings. The van der Waals surface area contributed by atoms with Crippen molar-refractivity contribution in [2.45, 2.75) is 96.8 Å². The third-order valence-corrected chi connectivity index (χ3v) is 9.20. The SMILES string of the molecule is CCCCCCCCCCCCCCCCOCCOCCOCCOCCOCCOCCOCCOCCOCCOCCOCCOCCOC(=O)c1ccccc1. The Hall–Kier alpha value is -1.79. The number of ether oxygens (including phenoxy) is 13. The molecule has 0 bridgehead atoms. The van der Waals surface area contributed by atoms with Crippen molar-refractivity contribution in [3.63, 3.8) is 0 Å². The van der Waals surface area contributed by atoms with Gasteiger partial charge in [-0.05, 0) is 18.6 Å². The maximum atomic E-state index is 11.8. The van der Waals surface area contributed by atoms with Crippen molar-refractivity contribution in [1.82, 2.24) is 0 Å². The molecule has 1 aromatic rings. The fraction of sp³-hybridized carbons (Fsp3) is 0.851. The van der Waals surface area contributed by atoms with E-state index in [2.05, 4.69) is 6.92 Å². The smallest absolute Gasteiger partial charge is 0.338 e. The van der Waals surface area contributed by atoms with E-state index in [-0.39, 0.29) is 12.6 Å². The number of esters is 1. The third kappa shape index (κ3) is 46.0. The molecule has 358 valence electrons. The molecule has 14 heteroatoms. The highest BCUT2D eigenvalue weighted by Gasteiger charge is 2.05. The summed E-state index contributed by atoms with van der Waals surface area (Å²) < 4.78 is 71.4. The molecular formula is C47H86O14. The zero-order valence-electron chi connectivity index (χ0n) is 38.2. The van der Waals surface area contributed by atoms with Gasteiger partial charge in [0.1, 0.15) is 6.61 Å². The molecule has 0 saturated heterocycles. The van der Waals surface area contributed by atoms with Gasteiger partial charge in [-0.3, -0.25) is 0 Å². The summed E-state index contributed by atoms with van der Waals surface area (Å²) in [5, 5.41) is 0. The van der Waals surface area contributed by atoms with E-state index in [1.54, 1.807) is 24.3 Å². The van der Waals surface area contributed by atoms with Gasteiger partial charge in [0, 0.05) is 6.61 Å². The molecule has 0 aliphatic rings. The standard InChI is InChI=1S/C47H86O14/c1-2-3-4-5-6-7-8-9-10-11-12-13-14-18-21-49-22-23-50-24-25-51-26-27-52-28-29-53-30-31-54-32-33-55-34-35-56-36-37-57-38-39-58-40-41-59-42-43-60-44-45-61-47(48)46-19-16-15-17-20-46/h15-17,19-20H,2-14,18,21-45H2,1H3. The Morgan fingerprint density at radius 2 is 0.525 bits per heavy atom. The minimum absolute atomic E-state index is 0.201. The topological polar surface area (TPSA) is 137 Å². The van der Waals surface area contributed by atoms with Crippen molar-refractivity contribution in [3.05, 3.63) is 35.9 Å². The minimum Gasteiger partial charge on any atom is -0.460 e. The van der Waals surface area contributed by atoms with Gasteiger partial charge in [-0.25, -0.2) is 4.79 Å². The number of unbranched alkanes of at least 4 members (excludes halogenated alkanes) is 13. The monoisotopic (exact) mass is 875 g/mol. The number of rotatable bonds is 52. The zero-order chi connectivity index (χ0) is 43.5. The van der Waals surface area contributed by atoms with Crippen molar-refractivity contribution < 1.29 is 66.4 Å². The molecule has 0 spiro atoms. The highest BCUT2D eigenvalue weighted by Crippen LogP contribution is 2.13. The van der Waals surface area contributed by atoms with E-state index >= 15 is 0 Å².